The topological polar surface area (TPSA) is 34.1 Å². The van der Waals surface area contributed by atoms with Crippen molar-refractivity contribution < 1.29 is 17.2 Å². The molecule has 1 aliphatic carbocycles. The Morgan fingerprint density at radius 2 is 1.56 bits per heavy atom. The van der Waals surface area contributed by atoms with Gasteiger partial charge in [0, 0.05) is 6.08 Å². The first-order valence-corrected chi connectivity index (χ1v) is 10.8. The Balaban J connectivity index is 1.83. The van der Waals surface area contributed by atoms with Gasteiger partial charge in [0.2, 0.25) is 9.84 Å². The highest BCUT2D eigenvalue weighted by Crippen LogP contribution is 2.35. The average molecular weight is 390 g/mol. The van der Waals surface area contributed by atoms with Crippen LogP contribution in [0.2, 0.25) is 0 Å². The van der Waals surface area contributed by atoms with Crippen LogP contribution in [0.5, 0.6) is 0 Å². The van der Waals surface area contributed by atoms with Crippen LogP contribution in [0.1, 0.15) is 56.1 Å². The quantitative estimate of drug-likeness (QED) is 0.609. The van der Waals surface area contributed by atoms with Crippen molar-refractivity contribution >= 4 is 15.4 Å². The summed E-state index contributed by atoms with van der Waals surface area (Å²) in [6.45, 7) is 1.52. The third-order valence-corrected chi connectivity index (χ3v) is 6.97. The lowest BCUT2D eigenvalue weighted by Gasteiger charge is -2.22. The highest BCUT2D eigenvalue weighted by Gasteiger charge is 2.44. The van der Waals surface area contributed by atoms with E-state index in [9.17, 15) is 17.2 Å². The van der Waals surface area contributed by atoms with Gasteiger partial charge in [-0.2, -0.15) is 8.78 Å². The molecule has 0 amide bonds. The fraction of sp³-hybridized carbons (Fsp3) is 0.364. The fourth-order valence-electron chi connectivity index (χ4n) is 3.62. The molecule has 27 heavy (non-hydrogen) atoms. The minimum absolute atomic E-state index is 0.245. The van der Waals surface area contributed by atoms with Crippen molar-refractivity contribution in [3.63, 3.8) is 0 Å². The molecule has 0 N–H and O–H groups in total. The molecule has 0 aliphatic heterocycles. The lowest BCUT2D eigenvalue weighted by molar-refractivity contribution is 0.147. The Morgan fingerprint density at radius 3 is 2.15 bits per heavy atom. The van der Waals surface area contributed by atoms with Crippen molar-refractivity contribution in [2.45, 2.75) is 55.1 Å². The van der Waals surface area contributed by atoms with Crippen LogP contribution in [0, 0.1) is 0 Å². The molecular weight excluding hydrogens is 366 g/mol. The molecule has 2 aromatic rings. The maximum absolute atomic E-state index is 14.5. The Kier molecular flexibility index (Phi) is 5.80. The number of alkyl halides is 2. The monoisotopic (exact) mass is 390 g/mol. The molecule has 0 spiro atoms. The second-order valence-corrected chi connectivity index (χ2v) is 9.19. The smallest absolute Gasteiger partial charge is 0.217 e. The molecule has 3 rings (SSSR count). The number of rotatable bonds is 5. The largest absolute Gasteiger partial charge is 0.369 e. The van der Waals surface area contributed by atoms with Crippen molar-refractivity contribution in [3.05, 3.63) is 71.8 Å². The van der Waals surface area contributed by atoms with Crippen LogP contribution in [-0.4, -0.2) is 13.7 Å². The van der Waals surface area contributed by atoms with Crippen molar-refractivity contribution in [1.82, 2.24) is 0 Å². The van der Waals surface area contributed by atoms with Gasteiger partial charge in [-0.05, 0) is 54.5 Å². The standard InChI is InChI=1S/C22H24F2O2S/c1-17(16-22(23,24)27(25,26)21-10-6-3-7-11-21)18-12-14-20(15-13-18)19-8-4-2-5-9-19/h3,6-7,10-16,19H,2,4-5,8-9H2,1H3/b17-16+. The molecule has 0 radical (unpaired) electrons. The number of allylic oxidation sites excluding steroid dienone is 1. The maximum Gasteiger partial charge on any atom is 0.369 e. The first kappa shape index (κ1) is 19.7. The van der Waals surface area contributed by atoms with Gasteiger partial charge in [0.1, 0.15) is 0 Å². The fourth-order valence-corrected chi connectivity index (χ4v) is 4.79. The van der Waals surface area contributed by atoms with Crippen LogP contribution in [0.4, 0.5) is 8.78 Å². The second-order valence-electron chi connectivity index (χ2n) is 7.16. The van der Waals surface area contributed by atoms with Crippen LogP contribution in [0.15, 0.2) is 65.6 Å². The van der Waals surface area contributed by atoms with Crippen molar-refractivity contribution in [2.75, 3.05) is 0 Å². The Labute approximate surface area is 159 Å². The van der Waals surface area contributed by atoms with E-state index in [0.29, 0.717) is 17.6 Å². The lowest BCUT2D eigenvalue weighted by Crippen LogP contribution is -2.26. The molecule has 0 atom stereocenters. The van der Waals surface area contributed by atoms with Gasteiger partial charge in [-0.15, -0.1) is 0 Å². The van der Waals surface area contributed by atoms with Crippen LogP contribution in [-0.2, 0) is 9.84 Å². The van der Waals surface area contributed by atoms with E-state index in [-0.39, 0.29) is 10.5 Å². The Morgan fingerprint density at radius 1 is 0.963 bits per heavy atom. The van der Waals surface area contributed by atoms with E-state index in [4.69, 9.17) is 0 Å². The molecular formula is C22H24F2O2S. The van der Waals surface area contributed by atoms with Crippen LogP contribution >= 0.6 is 0 Å². The van der Waals surface area contributed by atoms with Gasteiger partial charge in [0.25, 0.3) is 0 Å². The normalized spacial score (nSPS) is 17.1. The van der Waals surface area contributed by atoms with Gasteiger partial charge >= 0.3 is 5.25 Å². The van der Waals surface area contributed by atoms with Crippen molar-refractivity contribution in [2.24, 2.45) is 0 Å². The number of sulfone groups is 1. The Bertz CT molecular complexity index is 895. The number of hydrogen-bond donors (Lipinski definition) is 0. The summed E-state index contributed by atoms with van der Waals surface area (Å²) >= 11 is 0. The summed E-state index contributed by atoms with van der Waals surface area (Å²) in [6, 6.07) is 14.4. The number of halogens is 2. The summed E-state index contributed by atoms with van der Waals surface area (Å²) in [5.74, 6) is 0.539. The van der Waals surface area contributed by atoms with E-state index in [0.717, 1.165) is 0 Å². The predicted molar refractivity (Wildman–Crippen MR) is 104 cm³/mol. The van der Waals surface area contributed by atoms with Crippen molar-refractivity contribution in [1.29, 1.82) is 0 Å². The van der Waals surface area contributed by atoms with Crippen molar-refractivity contribution in [3.8, 4) is 0 Å². The highest BCUT2D eigenvalue weighted by atomic mass is 32.2. The molecule has 0 aromatic heterocycles. The zero-order chi connectivity index (χ0) is 19.5. The second kappa shape index (κ2) is 7.93. The third-order valence-electron chi connectivity index (χ3n) is 5.24. The molecule has 5 heteroatoms. The molecule has 2 aromatic carbocycles. The molecule has 144 valence electrons. The van der Waals surface area contributed by atoms with E-state index in [2.05, 4.69) is 0 Å². The molecule has 0 bridgehead atoms. The van der Waals surface area contributed by atoms with Gasteiger partial charge in [-0.25, -0.2) is 8.42 Å². The van der Waals surface area contributed by atoms with Crippen LogP contribution in [0.3, 0.4) is 0 Å². The summed E-state index contributed by atoms with van der Waals surface area (Å²) < 4.78 is 53.6. The van der Waals surface area contributed by atoms with Gasteiger partial charge in [-0.1, -0.05) is 61.7 Å². The maximum atomic E-state index is 14.5. The lowest BCUT2D eigenvalue weighted by atomic mass is 9.84. The summed E-state index contributed by atoms with van der Waals surface area (Å²) in [5, 5.41) is -3.97. The highest BCUT2D eigenvalue weighted by molar-refractivity contribution is 7.92. The summed E-state index contributed by atoms with van der Waals surface area (Å²) in [5.41, 5.74) is 2.09. The molecule has 1 fully saturated rings. The van der Waals surface area contributed by atoms with E-state index < -0.39 is 15.1 Å². The summed E-state index contributed by atoms with van der Waals surface area (Å²) in [6.07, 6.45) is 6.62. The molecule has 0 saturated heterocycles. The minimum atomic E-state index is -4.78. The third kappa shape index (κ3) is 4.29. The van der Waals surface area contributed by atoms with E-state index >= 15 is 0 Å². The first-order chi connectivity index (χ1) is 12.8. The summed E-state index contributed by atoms with van der Waals surface area (Å²) in [7, 11) is -4.78. The van der Waals surface area contributed by atoms with Gasteiger partial charge in [-0.3, -0.25) is 0 Å². The molecule has 2 nitrogen and oxygen atoms in total. The zero-order valence-electron chi connectivity index (χ0n) is 15.4. The molecule has 0 heterocycles. The van der Waals surface area contributed by atoms with Crippen LogP contribution < -0.4 is 0 Å². The van der Waals surface area contributed by atoms with Gasteiger partial charge in [0.05, 0.1) is 4.90 Å². The van der Waals surface area contributed by atoms with Gasteiger partial charge in [0.15, 0.2) is 0 Å². The average Bonchev–Trinajstić information content (AvgIpc) is 2.69. The van der Waals surface area contributed by atoms with Gasteiger partial charge < -0.3 is 0 Å². The SMILES string of the molecule is C/C(=C\C(F)(F)S(=O)(=O)c1ccccc1)c1ccc(C2CCCCC2)cc1. The summed E-state index contributed by atoms with van der Waals surface area (Å²) in [4.78, 5) is -0.383. The minimum Gasteiger partial charge on any atom is -0.217 e. The first-order valence-electron chi connectivity index (χ1n) is 9.28. The molecule has 1 saturated carbocycles. The predicted octanol–water partition coefficient (Wildman–Crippen LogP) is 6.20. The van der Waals surface area contributed by atoms with E-state index in [1.54, 1.807) is 18.2 Å². The number of hydrogen-bond acceptors (Lipinski definition) is 2. The van der Waals surface area contributed by atoms with Crippen LogP contribution in [0.25, 0.3) is 5.57 Å². The number of benzene rings is 2. The van der Waals surface area contributed by atoms with E-state index in [1.807, 2.05) is 12.1 Å². The Hall–Kier alpha value is -2.01. The molecule has 1 aliphatic rings. The molecule has 0 unspecified atom stereocenters. The zero-order valence-corrected chi connectivity index (χ0v) is 16.2. The van der Waals surface area contributed by atoms with E-state index in [1.165, 1.54) is 68.9 Å².